The molecule has 0 atom stereocenters. The van der Waals surface area contributed by atoms with Crippen molar-refractivity contribution in [2.75, 3.05) is 0 Å². The third kappa shape index (κ3) is 4.73. The van der Waals surface area contributed by atoms with Crippen LogP contribution in [0.25, 0.3) is 39.9 Å². The SMILES string of the molecule is N#C/C(=C\c1cn(-c2ccccc2)nc1-c1ccc(Cl)cc1)c1nc(-c2ccc(Br)cc2)cs1. The van der Waals surface area contributed by atoms with Crippen LogP contribution in [0.3, 0.4) is 0 Å². The molecule has 0 aliphatic carbocycles. The first-order valence-corrected chi connectivity index (χ1v) is 12.4. The Balaban J connectivity index is 1.58. The summed E-state index contributed by atoms with van der Waals surface area (Å²) in [6.07, 6.45) is 3.78. The van der Waals surface area contributed by atoms with E-state index in [1.54, 1.807) is 0 Å². The molecule has 0 N–H and O–H groups in total. The number of para-hydroxylation sites is 1. The van der Waals surface area contributed by atoms with Crippen LogP contribution >= 0.6 is 38.9 Å². The average Bonchev–Trinajstić information content (AvgIpc) is 3.52. The van der Waals surface area contributed by atoms with E-state index in [0.29, 0.717) is 15.6 Å². The Hall–Kier alpha value is -3.50. The standard InChI is InChI=1S/C27H16BrClN4S/c28-22-10-6-18(7-11-22)25-17-34-27(31-25)20(15-30)14-21-16-33(24-4-2-1-3-5-24)32-26(21)19-8-12-23(29)13-9-19/h1-14,16-17H/b20-14+. The molecule has 0 aliphatic heterocycles. The molecule has 5 aromatic rings. The number of nitriles is 1. The summed E-state index contributed by atoms with van der Waals surface area (Å²) in [4.78, 5) is 4.72. The molecule has 2 aromatic heterocycles. The Morgan fingerprint density at radius 1 is 0.971 bits per heavy atom. The van der Waals surface area contributed by atoms with E-state index in [1.165, 1.54) is 11.3 Å². The summed E-state index contributed by atoms with van der Waals surface area (Å²) in [5.41, 5.74) is 5.76. The van der Waals surface area contributed by atoms with Crippen molar-refractivity contribution in [3.8, 4) is 34.3 Å². The van der Waals surface area contributed by atoms with Gasteiger partial charge in [-0.25, -0.2) is 9.67 Å². The van der Waals surface area contributed by atoms with Crippen LogP contribution in [0.15, 0.2) is 94.9 Å². The molecule has 0 amide bonds. The van der Waals surface area contributed by atoms with Crippen molar-refractivity contribution in [3.63, 3.8) is 0 Å². The Morgan fingerprint density at radius 3 is 2.38 bits per heavy atom. The van der Waals surface area contributed by atoms with Crippen molar-refractivity contribution in [1.29, 1.82) is 5.26 Å². The molecule has 5 rings (SSSR count). The minimum Gasteiger partial charge on any atom is -0.240 e. The van der Waals surface area contributed by atoms with Crippen LogP contribution in [0.5, 0.6) is 0 Å². The summed E-state index contributed by atoms with van der Waals surface area (Å²) in [5, 5.41) is 18.1. The number of allylic oxidation sites excluding steroid dienone is 1. The molecule has 0 radical (unpaired) electrons. The molecule has 0 unspecified atom stereocenters. The van der Waals surface area contributed by atoms with Gasteiger partial charge in [0.15, 0.2) is 0 Å². The van der Waals surface area contributed by atoms with Crippen molar-refractivity contribution in [1.82, 2.24) is 14.8 Å². The number of rotatable bonds is 5. The average molecular weight is 544 g/mol. The maximum Gasteiger partial charge on any atom is 0.134 e. The molecule has 0 bridgehead atoms. The predicted molar refractivity (Wildman–Crippen MR) is 143 cm³/mol. The summed E-state index contributed by atoms with van der Waals surface area (Å²) >= 11 is 11.0. The zero-order valence-electron chi connectivity index (χ0n) is 17.7. The summed E-state index contributed by atoms with van der Waals surface area (Å²) in [6.45, 7) is 0. The molecule has 0 saturated carbocycles. The molecule has 164 valence electrons. The van der Waals surface area contributed by atoms with E-state index < -0.39 is 0 Å². The highest BCUT2D eigenvalue weighted by molar-refractivity contribution is 9.10. The second kappa shape index (κ2) is 9.78. The Morgan fingerprint density at radius 2 is 1.68 bits per heavy atom. The zero-order valence-corrected chi connectivity index (χ0v) is 20.8. The molecule has 3 aromatic carbocycles. The van der Waals surface area contributed by atoms with E-state index in [1.807, 2.05) is 101 Å². The van der Waals surface area contributed by atoms with Crippen molar-refractivity contribution in [3.05, 3.63) is 111 Å². The lowest BCUT2D eigenvalue weighted by Gasteiger charge is -2.01. The maximum atomic E-state index is 9.98. The van der Waals surface area contributed by atoms with Gasteiger partial charge in [-0.05, 0) is 42.5 Å². The number of thiazole rings is 1. The normalized spacial score (nSPS) is 11.4. The molecule has 34 heavy (non-hydrogen) atoms. The van der Waals surface area contributed by atoms with Gasteiger partial charge in [-0.15, -0.1) is 11.3 Å². The Kier molecular flexibility index (Phi) is 6.41. The summed E-state index contributed by atoms with van der Waals surface area (Å²) in [6, 6.07) is 27.7. The van der Waals surface area contributed by atoms with Crippen LogP contribution in [0.1, 0.15) is 10.6 Å². The lowest BCUT2D eigenvalue weighted by atomic mass is 10.1. The first kappa shape index (κ1) is 22.3. The second-order valence-electron chi connectivity index (χ2n) is 7.43. The number of hydrogen-bond acceptors (Lipinski definition) is 4. The third-order valence-electron chi connectivity index (χ3n) is 5.18. The monoisotopic (exact) mass is 542 g/mol. The third-order valence-corrected chi connectivity index (χ3v) is 6.83. The molecular weight excluding hydrogens is 528 g/mol. The van der Waals surface area contributed by atoms with Gasteiger partial charge in [0.1, 0.15) is 11.1 Å². The molecule has 7 heteroatoms. The van der Waals surface area contributed by atoms with E-state index in [2.05, 4.69) is 22.0 Å². The minimum absolute atomic E-state index is 0.483. The quantitative estimate of drug-likeness (QED) is 0.210. The van der Waals surface area contributed by atoms with Crippen LogP contribution in [-0.2, 0) is 0 Å². The topological polar surface area (TPSA) is 54.5 Å². The minimum atomic E-state index is 0.483. The van der Waals surface area contributed by atoms with Gasteiger partial charge >= 0.3 is 0 Å². The number of halogens is 2. The predicted octanol–water partition coefficient (Wildman–Crippen LogP) is 8.14. The molecule has 4 nitrogen and oxygen atoms in total. The highest BCUT2D eigenvalue weighted by Gasteiger charge is 2.15. The van der Waals surface area contributed by atoms with Crippen LogP contribution in [0.2, 0.25) is 5.02 Å². The summed E-state index contributed by atoms with van der Waals surface area (Å²) in [5.74, 6) is 0. The van der Waals surface area contributed by atoms with Gasteiger partial charge in [0, 0.05) is 37.8 Å². The van der Waals surface area contributed by atoms with Crippen molar-refractivity contribution in [2.45, 2.75) is 0 Å². The molecule has 0 saturated heterocycles. The molecule has 0 fully saturated rings. The molecule has 0 aliphatic rings. The van der Waals surface area contributed by atoms with Crippen molar-refractivity contribution >= 4 is 50.5 Å². The fraction of sp³-hybridized carbons (Fsp3) is 0. The van der Waals surface area contributed by atoms with Gasteiger partial charge in [0.25, 0.3) is 0 Å². The maximum absolute atomic E-state index is 9.98. The number of nitrogens with zero attached hydrogens (tertiary/aromatic N) is 4. The van der Waals surface area contributed by atoms with Gasteiger partial charge in [-0.3, -0.25) is 0 Å². The lowest BCUT2D eigenvalue weighted by molar-refractivity contribution is 0.884. The number of benzene rings is 3. The lowest BCUT2D eigenvalue weighted by Crippen LogP contribution is -1.93. The highest BCUT2D eigenvalue weighted by atomic mass is 79.9. The highest BCUT2D eigenvalue weighted by Crippen LogP contribution is 2.31. The van der Waals surface area contributed by atoms with Gasteiger partial charge in [0.05, 0.1) is 22.6 Å². The Labute approximate surface area is 214 Å². The second-order valence-corrected chi connectivity index (χ2v) is 9.64. The van der Waals surface area contributed by atoms with Crippen LogP contribution in [0.4, 0.5) is 0 Å². The van der Waals surface area contributed by atoms with Gasteiger partial charge < -0.3 is 0 Å². The largest absolute Gasteiger partial charge is 0.240 e. The summed E-state index contributed by atoms with van der Waals surface area (Å²) in [7, 11) is 0. The van der Waals surface area contributed by atoms with E-state index in [-0.39, 0.29) is 0 Å². The van der Waals surface area contributed by atoms with Gasteiger partial charge in [0.2, 0.25) is 0 Å². The van der Waals surface area contributed by atoms with Crippen LogP contribution < -0.4 is 0 Å². The van der Waals surface area contributed by atoms with Crippen LogP contribution in [-0.4, -0.2) is 14.8 Å². The van der Waals surface area contributed by atoms with Crippen LogP contribution in [0, 0.1) is 11.3 Å². The smallest absolute Gasteiger partial charge is 0.134 e. The van der Waals surface area contributed by atoms with E-state index >= 15 is 0 Å². The van der Waals surface area contributed by atoms with E-state index in [0.717, 1.165) is 38.2 Å². The number of aromatic nitrogens is 3. The van der Waals surface area contributed by atoms with Gasteiger partial charge in [-0.2, -0.15) is 10.4 Å². The fourth-order valence-corrected chi connectivity index (χ4v) is 4.67. The van der Waals surface area contributed by atoms with E-state index in [4.69, 9.17) is 21.7 Å². The molecule has 0 spiro atoms. The summed E-state index contributed by atoms with van der Waals surface area (Å²) < 4.78 is 2.83. The first-order valence-electron chi connectivity index (χ1n) is 10.4. The van der Waals surface area contributed by atoms with E-state index in [9.17, 15) is 5.26 Å². The van der Waals surface area contributed by atoms with Crippen molar-refractivity contribution < 1.29 is 0 Å². The first-order chi connectivity index (χ1) is 16.6. The zero-order chi connectivity index (χ0) is 23.5. The van der Waals surface area contributed by atoms with Crippen molar-refractivity contribution in [2.24, 2.45) is 0 Å². The van der Waals surface area contributed by atoms with Gasteiger partial charge in [-0.1, -0.05) is 70.0 Å². The Bertz CT molecular complexity index is 1510. The molecular formula is C27H16BrClN4S. The number of hydrogen-bond donors (Lipinski definition) is 0. The molecule has 2 heterocycles. The fourth-order valence-electron chi connectivity index (χ4n) is 3.49.